The summed E-state index contributed by atoms with van der Waals surface area (Å²) in [5, 5.41) is 10.7. The fourth-order valence-electron chi connectivity index (χ4n) is 2.79. The Balaban J connectivity index is 1.92. The Morgan fingerprint density at radius 3 is 2.60 bits per heavy atom. The molecule has 0 saturated heterocycles. The van der Waals surface area contributed by atoms with Gasteiger partial charge in [-0.25, -0.2) is 0 Å². The van der Waals surface area contributed by atoms with Crippen LogP contribution in [0, 0.1) is 22.0 Å². The van der Waals surface area contributed by atoms with Crippen LogP contribution < -0.4 is 0 Å². The molecule has 1 unspecified atom stereocenters. The fourth-order valence-corrected chi connectivity index (χ4v) is 2.79. The molecule has 1 saturated carbocycles. The first kappa shape index (κ1) is 10.7. The van der Waals surface area contributed by atoms with E-state index in [9.17, 15) is 10.1 Å². The highest BCUT2D eigenvalue weighted by Gasteiger charge is 2.28. The van der Waals surface area contributed by atoms with Crippen molar-refractivity contribution in [3.8, 4) is 0 Å². The molecule has 3 heteroatoms. The zero-order valence-electron chi connectivity index (χ0n) is 9.10. The number of nitro groups is 1. The fraction of sp³-hybridized carbons (Fsp3) is 0.833. The Morgan fingerprint density at radius 2 is 1.87 bits per heavy atom. The molecule has 0 aromatic carbocycles. The summed E-state index contributed by atoms with van der Waals surface area (Å²) in [6.45, 7) is 0. The lowest BCUT2D eigenvalue weighted by molar-refractivity contribution is -0.510. The highest BCUT2D eigenvalue weighted by Crippen LogP contribution is 2.39. The number of hydrogen-bond donors (Lipinski definition) is 0. The van der Waals surface area contributed by atoms with E-state index in [-0.39, 0.29) is 4.92 Å². The van der Waals surface area contributed by atoms with Gasteiger partial charge in [-0.3, -0.25) is 10.1 Å². The minimum absolute atomic E-state index is 0.140. The Kier molecular flexibility index (Phi) is 3.39. The maximum Gasteiger partial charge on any atom is 0.231 e. The molecule has 0 heterocycles. The maximum absolute atomic E-state index is 10.7. The van der Waals surface area contributed by atoms with Gasteiger partial charge in [-0.15, -0.1) is 0 Å². The second-order valence-electron chi connectivity index (χ2n) is 5.00. The second kappa shape index (κ2) is 4.77. The maximum atomic E-state index is 10.7. The minimum atomic E-state index is -0.430. The van der Waals surface area contributed by atoms with Gasteiger partial charge in [-0.05, 0) is 43.6 Å². The van der Waals surface area contributed by atoms with Gasteiger partial charge in [0.2, 0.25) is 6.04 Å². The van der Waals surface area contributed by atoms with Crippen molar-refractivity contribution in [1.29, 1.82) is 0 Å². The van der Waals surface area contributed by atoms with Crippen LogP contribution in [0.15, 0.2) is 12.2 Å². The summed E-state index contributed by atoms with van der Waals surface area (Å²) in [4.78, 5) is 10.6. The summed E-state index contributed by atoms with van der Waals surface area (Å²) >= 11 is 0. The molecule has 0 aromatic rings. The third-order valence-electron chi connectivity index (χ3n) is 3.79. The van der Waals surface area contributed by atoms with Gasteiger partial charge in [0, 0.05) is 11.3 Å². The quantitative estimate of drug-likeness (QED) is 0.378. The monoisotopic (exact) mass is 209 g/mol. The van der Waals surface area contributed by atoms with Gasteiger partial charge in [0.25, 0.3) is 0 Å². The van der Waals surface area contributed by atoms with E-state index in [1.54, 1.807) is 0 Å². The highest BCUT2D eigenvalue weighted by molar-refractivity contribution is 4.94. The van der Waals surface area contributed by atoms with Crippen LogP contribution in [-0.4, -0.2) is 11.0 Å². The van der Waals surface area contributed by atoms with Gasteiger partial charge >= 0.3 is 0 Å². The molecule has 1 atom stereocenters. The summed E-state index contributed by atoms with van der Waals surface area (Å²) < 4.78 is 0. The Bertz CT molecular complexity index is 256. The van der Waals surface area contributed by atoms with Crippen molar-refractivity contribution in [3.05, 3.63) is 22.3 Å². The molecule has 84 valence electrons. The average molecular weight is 209 g/mol. The topological polar surface area (TPSA) is 43.1 Å². The van der Waals surface area contributed by atoms with E-state index in [1.807, 2.05) is 12.2 Å². The number of allylic oxidation sites excluding steroid dienone is 1. The van der Waals surface area contributed by atoms with E-state index < -0.39 is 6.04 Å². The van der Waals surface area contributed by atoms with Crippen LogP contribution in [0.25, 0.3) is 0 Å². The molecular formula is C12H19NO2. The van der Waals surface area contributed by atoms with E-state index in [0.717, 1.165) is 31.1 Å². The summed E-state index contributed by atoms with van der Waals surface area (Å²) in [7, 11) is 0. The largest absolute Gasteiger partial charge is 0.264 e. The standard InChI is InChI=1S/C12H19NO2/c14-13(15)12-6-2-1-4-10-8-11(9-10)5-3-7-12/h3,7,10-12H,1-2,4-6,8-9H2/b7-3-. The van der Waals surface area contributed by atoms with Gasteiger partial charge in [0.05, 0.1) is 0 Å². The van der Waals surface area contributed by atoms with Crippen molar-refractivity contribution in [2.45, 2.75) is 51.0 Å². The SMILES string of the molecule is O=[N+]([O-])C1/C=C\CC2CC(CCCC1)C2. The third kappa shape index (κ3) is 2.80. The van der Waals surface area contributed by atoms with Crippen LogP contribution >= 0.6 is 0 Å². The highest BCUT2D eigenvalue weighted by atomic mass is 16.6. The van der Waals surface area contributed by atoms with E-state index in [1.165, 1.54) is 25.7 Å². The van der Waals surface area contributed by atoms with Crippen LogP contribution in [0.4, 0.5) is 0 Å². The van der Waals surface area contributed by atoms with Crippen molar-refractivity contribution in [2.24, 2.45) is 11.8 Å². The predicted molar refractivity (Wildman–Crippen MR) is 59.2 cm³/mol. The Hall–Kier alpha value is -0.860. The first-order chi connectivity index (χ1) is 7.25. The Labute approximate surface area is 90.7 Å². The number of fused-ring (bicyclic) bond motifs is 6. The molecule has 3 aliphatic carbocycles. The minimum Gasteiger partial charge on any atom is -0.264 e. The number of rotatable bonds is 1. The van der Waals surface area contributed by atoms with Gasteiger partial charge in [0.15, 0.2) is 0 Å². The van der Waals surface area contributed by atoms with Gasteiger partial charge in [0.1, 0.15) is 0 Å². The average Bonchev–Trinajstić information content (AvgIpc) is 2.20. The van der Waals surface area contributed by atoms with Crippen molar-refractivity contribution in [2.75, 3.05) is 0 Å². The summed E-state index contributed by atoms with van der Waals surface area (Å²) in [6, 6.07) is -0.430. The summed E-state index contributed by atoms with van der Waals surface area (Å²) in [5.74, 6) is 1.74. The van der Waals surface area contributed by atoms with E-state index in [2.05, 4.69) is 0 Å². The van der Waals surface area contributed by atoms with Gasteiger partial charge < -0.3 is 0 Å². The second-order valence-corrected chi connectivity index (χ2v) is 5.00. The molecule has 0 spiro atoms. The lowest BCUT2D eigenvalue weighted by Gasteiger charge is -2.34. The molecule has 0 radical (unpaired) electrons. The third-order valence-corrected chi connectivity index (χ3v) is 3.79. The molecule has 1 fully saturated rings. The van der Waals surface area contributed by atoms with Crippen LogP contribution in [-0.2, 0) is 0 Å². The van der Waals surface area contributed by atoms with Crippen LogP contribution in [0.2, 0.25) is 0 Å². The first-order valence-electron chi connectivity index (χ1n) is 6.06. The molecular weight excluding hydrogens is 190 g/mol. The number of hydrogen-bond acceptors (Lipinski definition) is 2. The first-order valence-corrected chi connectivity index (χ1v) is 6.06. The lowest BCUT2D eigenvalue weighted by Crippen LogP contribution is -2.22. The molecule has 3 aliphatic rings. The smallest absolute Gasteiger partial charge is 0.231 e. The molecule has 0 aliphatic heterocycles. The Morgan fingerprint density at radius 1 is 1.13 bits per heavy atom. The molecule has 15 heavy (non-hydrogen) atoms. The van der Waals surface area contributed by atoms with Crippen molar-refractivity contribution < 1.29 is 4.92 Å². The van der Waals surface area contributed by atoms with E-state index in [4.69, 9.17) is 0 Å². The normalized spacial score (nSPS) is 38.5. The lowest BCUT2D eigenvalue weighted by atomic mass is 9.71. The molecule has 0 amide bonds. The predicted octanol–water partition coefficient (Wildman–Crippen LogP) is 3.18. The number of nitrogens with zero attached hydrogens (tertiary/aromatic N) is 1. The molecule has 2 bridgehead atoms. The van der Waals surface area contributed by atoms with E-state index in [0.29, 0.717) is 0 Å². The van der Waals surface area contributed by atoms with E-state index >= 15 is 0 Å². The van der Waals surface area contributed by atoms with Crippen LogP contribution in [0.5, 0.6) is 0 Å². The van der Waals surface area contributed by atoms with Crippen molar-refractivity contribution in [1.82, 2.24) is 0 Å². The van der Waals surface area contributed by atoms with Gasteiger partial charge in [-0.2, -0.15) is 0 Å². The molecule has 0 aromatic heterocycles. The summed E-state index contributed by atoms with van der Waals surface area (Å²) in [5.41, 5.74) is 0. The van der Waals surface area contributed by atoms with Crippen molar-refractivity contribution in [3.63, 3.8) is 0 Å². The zero-order chi connectivity index (χ0) is 10.7. The van der Waals surface area contributed by atoms with Crippen LogP contribution in [0.3, 0.4) is 0 Å². The molecule has 0 N–H and O–H groups in total. The molecule has 3 nitrogen and oxygen atoms in total. The summed E-state index contributed by atoms with van der Waals surface area (Å²) in [6.07, 6.45) is 11.8. The van der Waals surface area contributed by atoms with Crippen molar-refractivity contribution >= 4 is 0 Å². The zero-order valence-corrected chi connectivity index (χ0v) is 9.10. The van der Waals surface area contributed by atoms with Crippen LogP contribution in [0.1, 0.15) is 44.9 Å². The molecule has 3 rings (SSSR count). The van der Waals surface area contributed by atoms with Gasteiger partial charge in [-0.1, -0.05) is 18.9 Å².